The average molecular weight is 336 g/mol. The van der Waals surface area contributed by atoms with Crippen LogP contribution in [-0.4, -0.2) is 32.6 Å². The molecule has 0 aliphatic heterocycles. The Bertz CT molecular complexity index is 234. The van der Waals surface area contributed by atoms with Crippen molar-refractivity contribution in [2.24, 2.45) is 0 Å². The van der Waals surface area contributed by atoms with E-state index in [0.717, 1.165) is 0 Å². The van der Waals surface area contributed by atoms with Crippen molar-refractivity contribution in [3.8, 4) is 0 Å². The molecule has 0 radical (unpaired) electrons. The molecule has 0 spiro atoms. The summed E-state index contributed by atoms with van der Waals surface area (Å²) >= 11 is 4.04. The summed E-state index contributed by atoms with van der Waals surface area (Å²) in [6, 6.07) is 1.15. The zero-order valence-corrected chi connectivity index (χ0v) is 16.5. The van der Waals surface area contributed by atoms with Crippen LogP contribution in [0.25, 0.3) is 0 Å². The van der Waals surface area contributed by atoms with Crippen LogP contribution in [0.1, 0.15) is 69.2 Å². The van der Waals surface area contributed by atoms with E-state index in [2.05, 4.69) is 89.8 Å². The van der Waals surface area contributed by atoms with Crippen molar-refractivity contribution in [3.63, 3.8) is 0 Å². The second-order valence-electron chi connectivity index (χ2n) is 7.66. The molecule has 0 saturated heterocycles. The van der Waals surface area contributed by atoms with Gasteiger partial charge in [0.2, 0.25) is 0 Å². The summed E-state index contributed by atoms with van der Waals surface area (Å²) in [7, 11) is -0.166. The zero-order chi connectivity index (χ0) is 14.9. The van der Waals surface area contributed by atoms with Gasteiger partial charge in [-0.15, -0.1) is 15.8 Å². The number of hydrogen-bond donors (Lipinski definition) is 0. The van der Waals surface area contributed by atoms with Crippen molar-refractivity contribution < 1.29 is 0 Å². The number of halogens is 1. The van der Waals surface area contributed by atoms with Gasteiger partial charge in [-0.25, -0.2) is 0 Å². The highest BCUT2D eigenvalue weighted by molar-refractivity contribution is 9.27. The van der Waals surface area contributed by atoms with Crippen molar-refractivity contribution in [1.29, 1.82) is 0 Å². The summed E-state index contributed by atoms with van der Waals surface area (Å²) in [5.74, 6) is 0. The summed E-state index contributed by atoms with van der Waals surface area (Å²) in [4.78, 5) is 2.61. The Morgan fingerprint density at radius 3 is 1.28 bits per heavy atom. The van der Waals surface area contributed by atoms with E-state index in [0.29, 0.717) is 27.8 Å². The van der Waals surface area contributed by atoms with Crippen LogP contribution in [0, 0.1) is 0 Å². The van der Waals surface area contributed by atoms with Gasteiger partial charge in [-0.2, -0.15) is 0 Å². The van der Waals surface area contributed by atoms with E-state index in [-0.39, 0.29) is 7.80 Å². The predicted molar refractivity (Wildman–Crippen MR) is 93.2 cm³/mol. The van der Waals surface area contributed by atoms with Gasteiger partial charge >= 0.3 is 5.39 Å². The van der Waals surface area contributed by atoms with Gasteiger partial charge in [0.25, 0.3) is 0 Å². The third kappa shape index (κ3) is 5.14. The fourth-order valence-corrected chi connectivity index (χ4v) is 11.6. The third-order valence-corrected chi connectivity index (χ3v) is 8.38. The minimum atomic E-state index is -0.166. The molecule has 0 aliphatic rings. The molecule has 0 unspecified atom stereocenters. The first-order chi connectivity index (χ1) is 7.80. The Kier molecular flexibility index (Phi) is 6.93. The Morgan fingerprint density at radius 1 is 0.833 bits per heavy atom. The van der Waals surface area contributed by atoms with Crippen LogP contribution >= 0.6 is 23.6 Å². The molecule has 0 bridgehead atoms. The summed E-state index contributed by atoms with van der Waals surface area (Å²) in [5, 5.41) is 1.18. The molecule has 0 aliphatic carbocycles. The molecule has 0 aromatic heterocycles. The van der Waals surface area contributed by atoms with E-state index in [1.165, 1.54) is 0 Å². The Labute approximate surface area is 125 Å². The van der Waals surface area contributed by atoms with Crippen molar-refractivity contribution in [1.82, 2.24) is 4.81 Å². The summed E-state index contributed by atoms with van der Waals surface area (Å²) in [6.07, 6.45) is 0. The van der Waals surface area contributed by atoms with E-state index in [1.54, 1.807) is 0 Å². The molecule has 0 N–H and O–H groups in total. The maximum Gasteiger partial charge on any atom is 0.332 e. The first-order valence-corrected chi connectivity index (χ1v) is 9.33. The van der Waals surface area contributed by atoms with Crippen molar-refractivity contribution in [2.45, 2.75) is 91.6 Å². The van der Waals surface area contributed by atoms with E-state index in [1.807, 2.05) is 0 Å². The molecular weight excluding hydrogens is 304 g/mol. The quantitative estimate of drug-likeness (QED) is 0.480. The lowest BCUT2D eigenvalue weighted by atomic mass is 10.1. The van der Waals surface area contributed by atoms with Crippen molar-refractivity contribution >= 4 is 28.9 Å². The second kappa shape index (κ2) is 6.59. The minimum Gasteiger partial charge on any atom is -0.324 e. The summed E-state index contributed by atoms with van der Waals surface area (Å²) in [6.45, 7) is 23.5. The first kappa shape index (κ1) is 18.9. The predicted octanol–water partition coefficient (Wildman–Crippen LogP) is 5.56. The lowest BCUT2D eigenvalue weighted by molar-refractivity contribution is 0.315. The van der Waals surface area contributed by atoms with Gasteiger partial charge in [-0.05, 0) is 22.4 Å². The largest absolute Gasteiger partial charge is 0.332 e. The fraction of sp³-hybridized carbons (Fsp3) is 1.00. The molecule has 0 atom stereocenters. The highest BCUT2D eigenvalue weighted by Crippen LogP contribution is 2.63. The number of rotatable bonds is 4. The van der Waals surface area contributed by atoms with Crippen LogP contribution in [0.5, 0.6) is 0 Å². The first-order valence-electron chi connectivity index (χ1n) is 7.01. The van der Waals surface area contributed by atoms with Crippen LogP contribution in [-0.2, 0) is 0 Å². The second-order valence-corrected chi connectivity index (χ2v) is 13.1. The molecular formula is C14H32BBrNP. The summed E-state index contributed by atoms with van der Waals surface area (Å²) < 4.78 is 0. The highest BCUT2D eigenvalue weighted by Gasteiger charge is 2.45. The van der Waals surface area contributed by atoms with Crippen molar-refractivity contribution in [3.05, 3.63) is 0 Å². The molecule has 108 valence electrons. The fourth-order valence-electron chi connectivity index (χ4n) is 2.87. The molecule has 0 saturated carbocycles. The lowest BCUT2D eigenvalue weighted by Gasteiger charge is -2.48. The molecule has 0 aromatic rings. The Morgan fingerprint density at radius 2 is 1.11 bits per heavy atom. The molecule has 4 heteroatoms. The highest BCUT2D eigenvalue weighted by atomic mass is 79.9. The topological polar surface area (TPSA) is 3.24 Å². The zero-order valence-electron chi connectivity index (χ0n) is 14.0. The van der Waals surface area contributed by atoms with Crippen LogP contribution in [0.15, 0.2) is 0 Å². The molecule has 0 heterocycles. The molecule has 0 aromatic carbocycles. The number of hydrogen-bond acceptors (Lipinski definition) is 1. The maximum absolute atomic E-state index is 4.04. The van der Waals surface area contributed by atoms with Gasteiger partial charge < -0.3 is 4.81 Å². The standard InChI is InChI=1S/C14H32BBrNP/c1-11(2)17(12(3)4)15(16)18(13(5,6)7)14(8,9)10/h11-12H,1-10H3. The van der Waals surface area contributed by atoms with Gasteiger partial charge in [0.05, 0.1) is 0 Å². The van der Waals surface area contributed by atoms with Gasteiger partial charge in [-0.1, -0.05) is 77.0 Å². The van der Waals surface area contributed by atoms with Crippen LogP contribution in [0.3, 0.4) is 0 Å². The molecule has 0 fully saturated rings. The van der Waals surface area contributed by atoms with E-state index < -0.39 is 0 Å². The van der Waals surface area contributed by atoms with E-state index >= 15 is 0 Å². The van der Waals surface area contributed by atoms with E-state index in [9.17, 15) is 0 Å². The van der Waals surface area contributed by atoms with Gasteiger partial charge in [0.1, 0.15) is 0 Å². The smallest absolute Gasteiger partial charge is 0.324 e. The van der Waals surface area contributed by atoms with Gasteiger partial charge in [-0.3, -0.25) is 0 Å². The molecule has 0 amide bonds. The van der Waals surface area contributed by atoms with Crippen LogP contribution in [0.2, 0.25) is 0 Å². The summed E-state index contributed by atoms with van der Waals surface area (Å²) in [5.41, 5.74) is 0. The van der Waals surface area contributed by atoms with Crippen molar-refractivity contribution in [2.75, 3.05) is 0 Å². The van der Waals surface area contributed by atoms with E-state index in [4.69, 9.17) is 0 Å². The molecule has 1 nitrogen and oxygen atoms in total. The van der Waals surface area contributed by atoms with Crippen LogP contribution in [0.4, 0.5) is 0 Å². The maximum atomic E-state index is 4.04. The molecule has 18 heavy (non-hydrogen) atoms. The number of nitrogens with zero attached hydrogens (tertiary/aromatic N) is 1. The average Bonchev–Trinajstić information content (AvgIpc) is 1.93. The van der Waals surface area contributed by atoms with Gasteiger partial charge in [0, 0.05) is 0 Å². The van der Waals surface area contributed by atoms with Gasteiger partial charge in [0.15, 0.2) is 0 Å². The Hall–Kier alpha value is 0.935. The normalized spacial score (nSPS) is 14.2. The third-order valence-electron chi connectivity index (χ3n) is 3.10. The molecule has 0 rings (SSSR count). The Balaban J connectivity index is 5.38. The van der Waals surface area contributed by atoms with Crippen LogP contribution < -0.4 is 0 Å². The lowest BCUT2D eigenvalue weighted by Crippen LogP contribution is -2.48. The SMILES string of the molecule is CC(C)N(B(Br)P(C(C)(C)C)C(C)(C)C)C(C)C. The minimum absolute atomic E-state index is 0.166. The monoisotopic (exact) mass is 335 g/mol.